The smallest absolute Gasteiger partial charge is 0.274 e. The van der Waals surface area contributed by atoms with Crippen molar-refractivity contribution in [3.05, 3.63) is 30.3 Å². The van der Waals surface area contributed by atoms with Crippen molar-refractivity contribution in [2.45, 2.75) is 12.1 Å². The lowest BCUT2D eigenvalue weighted by molar-refractivity contribution is 0.869. The van der Waals surface area contributed by atoms with E-state index in [1.165, 1.54) is 4.52 Å². The van der Waals surface area contributed by atoms with Gasteiger partial charge in [-0.05, 0) is 5.75 Å². The molecule has 0 aliphatic carbocycles. The molecule has 0 aliphatic rings. The number of thioether (sulfide) groups is 1. The zero-order valence-electron chi connectivity index (χ0n) is 10.3. The summed E-state index contributed by atoms with van der Waals surface area (Å²) < 4.78 is 1.54. The first kappa shape index (κ1) is 11.9. The minimum Gasteiger partial charge on any atom is -0.382 e. The van der Waals surface area contributed by atoms with E-state index in [2.05, 4.69) is 20.3 Å². The zero-order chi connectivity index (χ0) is 13.2. The number of hydrogen-bond acceptors (Lipinski definition) is 6. The first-order chi connectivity index (χ1) is 9.29. The van der Waals surface area contributed by atoms with Crippen LogP contribution in [0.25, 0.3) is 17.0 Å². The molecule has 96 valence electrons. The second-order valence-corrected chi connectivity index (χ2v) is 5.07. The Morgan fingerprint density at radius 1 is 1.21 bits per heavy atom. The van der Waals surface area contributed by atoms with Gasteiger partial charge >= 0.3 is 0 Å². The summed E-state index contributed by atoms with van der Waals surface area (Å²) >= 11 is 1.55. The average Bonchev–Trinajstić information content (AvgIpc) is 2.84. The standard InChI is InChI=1S/C12H12N6S/c1-2-19-12-14-11-16-15-9(10(13)18(11)17-12)8-6-4-3-5-7-8/h3-7H,2,13H2,1H3. The molecule has 19 heavy (non-hydrogen) atoms. The maximum atomic E-state index is 6.11. The van der Waals surface area contributed by atoms with E-state index in [0.29, 0.717) is 22.4 Å². The minimum absolute atomic E-state index is 0.424. The Balaban J connectivity index is 2.15. The van der Waals surface area contributed by atoms with Gasteiger partial charge in [-0.15, -0.1) is 15.3 Å². The summed E-state index contributed by atoms with van der Waals surface area (Å²) in [5.74, 6) is 1.77. The van der Waals surface area contributed by atoms with Crippen molar-refractivity contribution in [3.8, 4) is 11.3 Å². The Morgan fingerprint density at radius 3 is 2.74 bits per heavy atom. The number of anilines is 1. The van der Waals surface area contributed by atoms with Gasteiger partial charge in [-0.2, -0.15) is 9.50 Å². The quantitative estimate of drug-likeness (QED) is 0.733. The van der Waals surface area contributed by atoms with Crippen LogP contribution in [0.15, 0.2) is 35.5 Å². The first-order valence-corrected chi connectivity index (χ1v) is 6.85. The van der Waals surface area contributed by atoms with Crippen molar-refractivity contribution in [1.29, 1.82) is 0 Å². The van der Waals surface area contributed by atoms with Crippen LogP contribution in [0, 0.1) is 0 Å². The molecular formula is C12H12N6S. The predicted octanol–water partition coefficient (Wildman–Crippen LogP) is 1.88. The van der Waals surface area contributed by atoms with E-state index in [0.717, 1.165) is 11.3 Å². The molecule has 0 radical (unpaired) electrons. The Morgan fingerprint density at radius 2 is 2.00 bits per heavy atom. The van der Waals surface area contributed by atoms with Crippen molar-refractivity contribution in [2.24, 2.45) is 0 Å². The van der Waals surface area contributed by atoms with Gasteiger partial charge in [0.2, 0.25) is 5.16 Å². The normalized spacial score (nSPS) is 11.0. The highest BCUT2D eigenvalue weighted by atomic mass is 32.2. The molecule has 2 N–H and O–H groups in total. The van der Waals surface area contributed by atoms with Gasteiger partial charge in [-0.1, -0.05) is 49.0 Å². The SMILES string of the molecule is CCSc1nc2nnc(-c3ccccc3)c(N)n2n1. The Labute approximate surface area is 114 Å². The average molecular weight is 272 g/mol. The zero-order valence-corrected chi connectivity index (χ0v) is 11.1. The molecule has 0 fully saturated rings. The fraction of sp³-hybridized carbons (Fsp3) is 0.167. The summed E-state index contributed by atoms with van der Waals surface area (Å²) in [4.78, 5) is 4.26. The number of nitrogens with two attached hydrogens (primary N) is 1. The van der Waals surface area contributed by atoms with E-state index < -0.39 is 0 Å². The van der Waals surface area contributed by atoms with Crippen LogP contribution in [0.2, 0.25) is 0 Å². The highest BCUT2D eigenvalue weighted by Crippen LogP contribution is 2.23. The van der Waals surface area contributed by atoms with E-state index >= 15 is 0 Å². The fourth-order valence-corrected chi connectivity index (χ4v) is 2.29. The van der Waals surface area contributed by atoms with Gasteiger partial charge in [0, 0.05) is 5.56 Å². The van der Waals surface area contributed by atoms with Gasteiger partial charge in [0.15, 0.2) is 5.82 Å². The van der Waals surface area contributed by atoms with Crippen molar-refractivity contribution in [3.63, 3.8) is 0 Å². The van der Waals surface area contributed by atoms with Gasteiger partial charge in [0.05, 0.1) is 0 Å². The number of rotatable bonds is 3. The van der Waals surface area contributed by atoms with Crippen molar-refractivity contribution in [2.75, 3.05) is 11.5 Å². The molecule has 0 saturated carbocycles. The van der Waals surface area contributed by atoms with Gasteiger partial charge in [0.1, 0.15) is 5.69 Å². The van der Waals surface area contributed by atoms with Crippen LogP contribution in [0.4, 0.5) is 5.82 Å². The number of hydrogen-bond donors (Lipinski definition) is 1. The Hall–Kier alpha value is -2.15. The van der Waals surface area contributed by atoms with E-state index in [-0.39, 0.29) is 0 Å². The summed E-state index contributed by atoms with van der Waals surface area (Å²) in [7, 11) is 0. The van der Waals surface area contributed by atoms with Crippen LogP contribution >= 0.6 is 11.8 Å². The van der Waals surface area contributed by atoms with Gasteiger partial charge in [-0.3, -0.25) is 0 Å². The van der Waals surface area contributed by atoms with Gasteiger partial charge in [0.25, 0.3) is 5.78 Å². The molecular weight excluding hydrogens is 260 g/mol. The first-order valence-electron chi connectivity index (χ1n) is 5.86. The predicted molar refractivity (Wildman–Crippen MR) is 74.8 cm³/mol. The van der Waals surface area contributed by atoms with Gasteiger partial charge < -0.3 is 5.73 Å². The van der Waals surface area contributed by atoms with Crippen molar-refractivity contribution in [1.82, 2.24) is 24.8 Å². The van der Waals surface area contributed by atoms with Crippen LogP contribution < -0.4 is 5.73 Å². The van der Waals surface area contributed by atoms with Gasteiger partial charge in [-0.25, -0.2) is 0 Å². The molecule has 0 bridgehead atoms. The summed E-state index contributed by atoms with van der Waals surface area (Å²) in [5, 5.41) is 13.2. The van der Waals surface area contributed by atoms with E-state index in [4.69, 9.17) is 5.73 Å². The molecule has 2 aromatic heterocycles. The number of fused-ring (bicyclic) bond motifs is 1. The maximum absolute atomic E-state index is 6.11. The summed E-state index contributed by atoms with van der Waals surface area (Å²) in [6.45, 7) is 2.04. The van der Waals surface area contributed by atoms with E-state index in [9.17, 15) is 0 Å². The summed E-state index contributed by atoms with van der Waals surface area (Å²) in [6, 6.07) is 9.67. The van der Waals surface area contributed by atoms with Crippen LogP contribution in [0.3, 0.4) is 0 Å². The molecule has 6 nitrogen and oxygen atoms in total. The molecule has 3 aromatic rings. The largest absolute Gasteiger partial charge is 0.382 e. The third-order valence-corrected chi connectivity index (χ3v) is 3.32. The Bertz CT molecular complexity index is 709. The molecule has 7 heteroatoms. The molecule has 3 rings (SSSR count). The second kappa shape index (κ2) is 4.85. The molecule has 0 aliphatic heterocycles. The number of aromatic nitrogens is 5. The molecule has 1 aromatic carbocycles. The topological polar surface area (TPSA) is 82.0 Å². The lowest BCUT2D eigenvalue weighted by Crippen LogP contribution is -2.05. The molecule has 0 amide bonds. The number of nitrogens with zero attached hydrogens (tertiary/aromatic N) is 5. The van der Waals surface area contributed by atoms with Crippen LogP contribution in [-0.4, -0.2) is 30.5 Å². The maximum Gasteiger partial charge on any atom is 0.274 e. The van der Waals surface area contributed by atoms with Crippen LogP contribution in [-0.2, 0) is 0 Å². The van der Waals surface area contributed by atoms with Crippen molar-refractivity contribution >= 4 is 23.4 Å². The molecule has 0 atom stereocenters. The Kier molecular flexibility index (Phi) is 3.04. The van der Waals surface area contributed by atoms with E-state index in [1.807, 2.05) is 37.3 Å². The number of benzene rings is 1. The third-order valence-electron chi connectivity index (χ3n) is 2.60. The molecule has 0 unspecified atom stereocenters. The third kappa shape index (κ3) is 2.12. The van der Waals surface area contributed by atoms with E-state index in [1.54, 1.807) is 11.8 Å². The minimum atomic E-state index is 0.424. The molecule has 0 saturated heterocycles. The van der Waals surface area contributed by atoms with Crippen LogP contribution in [0.5, 0.6) is 0 Å². The highest BCUT2D eigenvalue weighted by molar-refractivity contribution is 7.99. The number of nitrogen functional groups attached to an aromatic ring is 1. The summed E-state index contributed by atoms with van der Waals surface area (Å²) in [6.07, 6.45) is 0. The second-order valence-electron chi connectivity index (χ2n) is 3.84. The highest BCUT2D eigenvalue weighted by Gasteiger charge is 2.13. The van der Waals surface area contributed by atoms with Crippen molar-refractivity contribution < 1.29 is 0 Å². The molecule has 0 spiro atoms. The lowest BCUT2D eigenvalue weighted by Gasteiger charge is -2.04. The monoisotopic (exact) mass is 272 g/mol. The molecule has 2 heterocycles. The lowest BCUT2D eigenvalue weighted by atomic mass is 10.1. The van der Waals surface area contributed by atoms with Crippen LogP contribution in [0.1, 0.15) is 6.92 Å². The fourth-order valence-electron chi connectivity index (χ4n) is 1.75. The summed E-state index contributed by atoms with van der Waals surface area (Å²) in [5.41, 5.74) is 7.64.